The zero-order valence-electron chi connectivity index (χ0n) is 18.0. The fourth-order valence-corrected chi connectivity index (χ4v) is 4.27. The molecule has 4 rings (SSSR count). The van der Waals surface area contributed by atoms with E-state index in [2.05, 4.69) is 10.1 Å². The van der Waals surface area contributed by atoms with Gasteiger partial charge < -0.3 is 14.2 Å². The minimum Gasteiger partial charge on any atom is -0.497 e. The van der Waals surface area contributed by atoms with E-state index in [4.69, 9.17) is 14.2 Å². The number of carbonyl (C=O) groups is 1. The summed E-state index contributed by atoms with van der Waals surface area (Å²) in [6.07, 6.45) is 0. The van der Waals surface area contributed by atoms with Crippen LogP contribution in [0.15, 0.2) is 47.3 Å². The molecule has 0 aliphatic heterocycles. The molecule has 2 aromatic heterocycles. The zero-order valence-corrected chi connectivity index (χ0v) is 18.9. The van der Waals surface area contributed by atoms with Crippen LogP contribution in [0.5, 0.6) is 17.2 Å². The maximum absolute atomic E-state index is 13.0. The second-order valence-electron chi connectivity index (χ2n) is 6.94. The van der Waals surface area contributed by atoms with Gasteiger partial charge in [-0.25, -0.2) is 9.67 Å². The Labute approximate surface area is 188 Å². The number of rotatable bonds is 7. The molecule has 0 unspecified atom stereocenters. The van der Waals surface area contributed by atoms with E-state index in [-0.39, 0.29) is 12.3 Å². The van der Waals surface area contributed by atoms with Gasteiger partial charge in [-0.3, -0.25) is 9.59 Å². The van der Waals surface area contributed by atoms with Crippen LogP contribution in [0, 0.1) is 6.92 Å². The second-order valence-corrected chi connectivity index (χ2v) is 8.15. The van der Waals surface area contributed by atoms with E-state index in [1.165, 1.54) is 30.2 Å². The molecule has 8 nitrogen and oxygen atoms in total. The monoisotopic (exact) mass is 451 g/mol. The first-order valence-corrected chi connectivity index (χ1v) is 10.5. The Morgan fingerprint density at radius 1 is 1.00 bits per heavy atom. The van der Waals surface area contributed by atoms with Crippen molar-refractivity contribution in [3.05, 3.63) is 63.4 Å². The highest BCUT2D eigenvalue weighted by atomic mass is 32.1. The lowest BCUT2D eigenvalue weighted by Gasteiger charge is -2.11. The van der Waals surface area contributed by atoms with Gasteiger partial charge in [0.25, 0.3) is 5.56 Å². The van der Waals surface area contributed by atoms with Gasteiger partial charge in [0.05, 0.1) is 31.0 Å². The number of methoxy groups -OCH3 is 3. The molecule has 32 heavy (non-hydrogen) atoms. The molecule has 4 aromatic rings. The Kier molecular flexibility index (Phi) is 5.91. The lowest BCUT2D eigenvalue weighted by molar-refractivity contribution is 0.0965. The number of benzene rings is 2. The third-order valence-electron chi connectivity index (χ3n) is 4.97. The van der Waals surface area contributed by atoms with Crippen LogP contribution in [0.3, 0.4) is 0 Å². The molecule has 9 heteroatoms. The largest absolute Gasteiger partial charge is 0.497 e. The summed E-state index contributed by atoms with van der Waals surface area (Å²) in [6.45, 7) is 1.60. The molecule has 0 amide bonds. The van der Waals surface area contributed by atoms with Gasteiger partial charge in [-0.1, -0.05) is 0 Å². The Balaban J connectivity index is 1.78. The minimum absolute atomic E-state index is 0.232. The van der Waals surface area contributed by atoms with Gasteiger partial charge in [-0.15, -0.1) is 11.3 Å². The van der Waals surface area contributed by atoms with Gasteiger partial charge in [0.2, 0.25) is 0 Å². The molecular formula is C23H21N3O5S. The zero-order chi connectivity index (χ0) is 22.8. The maximum Gasteiger partial charge on any atom is 0.294 e. The first-order valence-electron chi connectivity index (χ1n) is 9.73. The van der Waals surface area contributed by atoms with E-state index in [0.29, 0.717) is 38.7 Å². The summed E-state index contributed by atoms with van der Waals surface area (Å²) in [6, 6.07) is 12.2. The topological polar surface area (TPSA) is 92.5 Å². The van der Waals surface area contributed by atoms with E-state index < -0.39 is 5.56 Å². The summed E-state index contributed by atoms with van der Waals surface area (Å²) in [7, 11) is 4.62. The van der Waals surface area contributed by atoms with Crippen LogP contribution in [0.2, 0.25) is 0 Å². The number of Topliss-reactive ketones (excluding diaryl/α,β-unsaturated/α-hetero) is 1. The molecule has 0 aliphatic rings. The van der Waals surface area contributed by atoms with Gasteiger partial charge in [0, 0.05) is 11.1 Å². The summed E-state index contributed by atoms with van der Waals surface area (Å²) >= 11 is 1.40. The van der Waals surface area contributed by atoms with Gasteiger partial charge in [0.15, 0.2) is 22.8 Å². The highest BCUT2D eigenvalue weighted by molar-refractivity contribution is 7.19. The average molecular weight is 452 g/mol. The van der Waals surface area contributed by atoms with Gasteiger partial charge in [-0.05, 0) is 49.4 Å². The van der Waals surface area contributed by atoms with Crippen molar-refractivity contribution in [2.24, 2.45) is 0 Å². The number of ketones is 1. The van der Waals surface area contributed by atoms with Crippen LogP contribution in [0.4, 0.5) is 0 Å². The fraction of sp³-hybridized carbons (Fsp3) is 0.217. The third kappa shape index (κ3) is 3.94. The second kappa shape index (κ2) is 8.80. The van der Waals surface area contributed by atoms with Gasteiger partial charge in [-0.2, -0.15) is 5.10 Å². The number of fused-ring (bicyclic) bond motifs is 1. The molecule has 0 bridgehead atoms. The number of carbonyl (C=O) groups excluding carboxylic acids is 1. The summed E-state index contributed by atoms with van der Waals surface area (Å²) in [5, 5.41) is 5.29. The van der Waals surface area contributed by atoms with E-state index in [1.54, 1.807) is 25.3 Å². The number of aromatic nitrogens is 3. The van der Waals surface area contributed by atoms with E-state index in [9.17, 15) is 9.59 Å². The molecule has 2 heterocycles. The van der Waals surface area contributed by atoms with Crippen LogP contribution in [-0.4, -0.2) is 41.9 Å². The van der Waals surface area contributed by atoms with Crippen molar-refractivity contribution in [3.8, 4) is 28.5 Å². The van der Waals surface area contributed by atoms with Crippen molar-refractivity contribution in [2.75, 3.05) is 21.3 Å². The number of hydrogen-bond donors (Lipinski definition) is 0. The van der Waals surface area contributed by atoms with Gasteiger partial charge in [0.1, 0.15) is 18.0 Å². The molecular weight excluding hydrogens is 430 g/mol. The number of hydrogen-bond acceptors (Lipinski definition) is 8. The minimum atomic E-state index is -0.407. The molecule has 2 aromatic carbocycles. The Morgan fingerprint density at radius 3 is 2.38 bits per heavy atom. The van der Waals surface area contributed by atoms with Gasteiger partial charge >= 0.3 is 0 Å². The molecule has 0 aliphatic carbocycles. The molecule has 0 atom stereocenters. The van der Waals surface area contributed by atoms with E-state index in [0.717, 1.165) is 10.6 Å². The third-order valence-corrected chi connectivity index (χ3v) is 5.95. The van der Waals surface area contributed by atoms with Crippen molar-refractivity contribution in [1.82, 2.24) is 14.8 Å². The smallest absolute Gasteiger partial charge is 0.294 e. The number of thiazole rings is 1. The Bertz CT molecular complexity index is 1360. The number of ether oxygens (including phenoxy) is 3. The van der Waals surface area contributed by atoms with E-state index >= 15 is 0 Å². The summed E-state index contributed by atoms with van der Waals surface area (Å²) < 4.78 is 17.6. The predicted molar refractivity (Wildman–Crippen MR) is 122 cm³/mol. The van der Waals surface area contributed by atoms with Crippen LogP contribution in [0.25, 0.3) is 21.5 Å². The first-order chi connectivity index (χ1) is 15.4. The quantitative estimate of drug-likeness (QED) is 0.395. The Hall–Kier alpha value is -3.72. The highest BCUT2D eigenvalue weighted by Gasteiger charge is 2.19. The Morgan fingerprint density at radius 2 is 1.72 bits per heavy atom. The van der Waals surface area contributed by atoms with Crippen LogP contribution >= 0.6 is 11.3 Å². The summed E-state index contributed by atoms with van der Waals surface area (Å²) in [4.78, 5) is 30.4. The van der Waals surface area contributed by atoms with Crippen LogP contribution in [0.1, 0.15) is 15.4 Å². The summed E-state index contributed by atoms with van der Waals surface area (Å²) in [5.74, 6) is 1.37. The van der Waals surface area contributed by atoms with Crippen molar-refractivity contribution < 1.29 is 19.0 Å². The maximum atomic E-state index is 13.0. The molecule has 0 saturated heterocycles. The highest BCUT2D eigenvalue weighted by Crippen LogP contribution is 2.31. The van der Waals surface area contributed by atoms with Crippen molar-refractivity contribution in [2.45, 2.75) is 13.5 Å². The number of aryl methyl sites for hydroxylation is 1. The fourth-order valence-electron chi connectivity index (χ4n) is 3.35. The predicted octanol–water partition coefficient (Wildman–Crippen LogP) is 3.74. The molecule has 0 fully saturated rings. The van der Waals surface area contributed by atoms with Crippen molar-refractivity contribution in [3.63, 3.8) is 0 Å². The SMILES string of the molecule is COc1ccc(-c2nn(CC(=O)c3ccc(OC)c(OC)c3)c(=O)c3nc(C)sc23)cc1. The lowest BCUT2D eigenvalue weighted by Crippen LogP contribution is -2.27. The molecule has 0 radical (unpaired) electrons. The normalized spacial score (nSPS) is 10.9. The van der Waals surface area contributed by atoms with Crippen molar-refractivity contribution in [1.29, 1.82) is 0 Å². The average Bonchev–Trinajstić information content (AvgIpc) is 3.22. The molecule has 164 valence electrons. The standard InChI is InChI=1S/C23H21N3O5S/c1-13-24-21-22(32-13)20(14-5-8-16(29-2)9-6-14)25-26(23(21)28)12-17(27)15-7-10-18(30-3)19(11-15)31-4/h5-11H,12H2,1-4H3. The van der Waals surface area contributed by atoms with Crippen molar-refractivity contribution >= 4 is 27.3 Å². The molecule has 0 saturated carbocycles. The molecule has 0 N–H and O–H groups in total. The summed E-state index contributed by atoms with van der Waals surface area (Å²) in [5.41, 5.74) is 1.67. The lowest BCUT2D eigenvalue weighted by atomic mass is 10.1. The van der Waals surface area contributed by atoms with Crippen LogP contribution in [-0.2, 0) is 6.54 Å². The number of nitrogens with zero attached hydrogens (tertiary/aromatic N) is 3. The van der Waals surface area contributed by atoms with E-state index in [1.807, 2.05) is 31.2 Å². The van der Waals surface area contributed by atoms with Crippen LogP contribution < -0.4 is 19.8 Å². The first kappa shape index (κ1) is 21.5. The molecule has 0 spiro atoms.